The number of likely N-dealkylation sites (tertiary alicyclic amines) is 1. The van der Waals surface area contributed by atoms with Crippen LogP contribution in [0.15, 0.2) is 36.4 Å². The Morgan fingerprint density at radius 1 is 1.21 bits per heavy atom. The van der Waals surface area contributed by atoms with Crippen molar-refractivity contribution in [3.05, 3.63) is 50.6 Å². The van der Waals surface area contributed by atoms with Crippen molar-refractivity contribution in [1.82, 2.24) is 4.90 Å². The van der Waals surface area contributed by atoms with E-state index >= 15 is 0 Å². The first-order chi connectivity index (χ1) is 14.0. The predicted molar refractivity (Wildman–Crippen MR) is 128 cm³/mol. The van der Waals surface area contributed by atoms with E-state index in [0.717, 1.165) is 27.2 Å². The minimum absolute atomic E-state index is 0.130. The Labute approximate surface area is 194 Å². The lowest BCUT2D eigenvalue weighted by Gasteiger charge is -2.21. The van der Waals surface area contributed by atoms with Crippen molar-refractivity contribution in [3.63, 3.8) is 0 Å². The highest BCUT2D eigenvalue weighted by molar-refractivity contribution is 14.1. The smallest absolute Gasteiger partial charge is 0.262 e. The molecule has 3 rings (SSSR count). The first kappa shape index (κ1) is 22.1. The van der Waals surface area contributed by atoms with E-state index in [0.29, 0.717) is 28.8 Å². The maximum atomic E-state index is 12.3. The van der Waals surface area contributed by atoms with E-state index in [9.17, 15) is 4.79 Å². The number of hydrogen-bond acceptors (Lipinski definition) is 4. The highest BCUT2D eigenvalue weighted by Crippen LogP contribution is 2.35. The summed E-state index contributed by atoms with van der Waals surface area (Å²) in [4.78, 5) is 15.3. The van der Waals surface area contributed by atoms with Gasteiger partial charge >= 0.3 is 0 Å². The molecular weight excluding hydrogens is 523 g/mol. The van der Waals surface area contributed by atoms with Crippen molar-refractivity contribution in [2.24, 2.45) is 0 Å². The average Bonchev–Trinajstić information content (AvgIpc) is 3.23. The second kappa shape index (κ2) is 10.4. The van der Waals surface area contributed by atoms with E-state index in [-0.39, 0.29) is 12.5 Å². The van der Waals surface area contributed by atoms with Gasteiger partial charge in [-0.2, -0.15) is 0 Å². The number of carbonyl (C=O) groups excluding carboxylic acids is 1. The molecule has 0 unspecified atom stereocenters. The molecule has 1 N–H and O–H groups in total. The van der Waals surface area contributed by atoms with Gasteiger partial charge in [-0.1, -0.05) is 23.8 Å². The van der Waals surface area contributed by atoms with Gasteiger partial charge in [-0.25, -0.2) is 0 Å². The van der Waals surface area contributed by atoms with Crippen LogP contribution in [0.1, 0.15) is 25.3 Å². The van der Waals surface area contributed by atoms with E-state index in [1.165, 1.54) is 12.8 Å². The van der Waals surface area contributed by atoms with Gasteiger partial charge in [-0.05, 0) is 78.8 Å². The topological polar surface area (TPSA) is 50.8 Å². The van der Waals surface area contributed by atoms with Crippen LogP contribution in [0.4, 0.5) is 5.69 Å². The number of thiocarbonyl (C=S) groups is 1. The van der Waals surface area contributed by atoms with Gasteiger partial charge in [-0.15, -0.1) is 0 Å². The van der Waals surface area contributed by atoms with Crippen molar-refractivity contribution in [2.75, 3.05) is 31.6 Å². The molecule has 2 aromatic rings. The number of amides is 1. The molecule has 2 aromatic carbocycles. The van der Waals surface area contributed by atoms with Crippen LogP contribution in [-0.4, -0.2) is 42.1 Å². The monoisotopic (exact) mass is 544 g/mol. The van der Waals surface area contributed by atoms with Crippen LogP contribution in [-0.2, 0) is 4.79 Å². The fourth-order valence-electron chi connectivity index (χ4n) is 3.07. The van der Waals surface area contributed by atoms with Gasteiger partial charge in [0.25, 0.3) is 5.91 Å². The Kier molecular flexibility index (Phi) is 7.97. The van der Waals surface area contributed by atoms with Gasteiger partial charge in [0.2, 0.25) is 0 Å². The summed E-state index contributed by atoms with van der Waals surface area (Å²) in [7, 11) is 0. The summed E-state index contributed by atoms with van der Waals surface area (Å²) in [6.07, 6.45) is 2.33. The Balaban J connectivity index is 1.71. The molecule has 0 aliphatic carbocycles. The molecule has 5 nitrogen and oxygen atoms in total. The van der Waals surface area contributed by atoms with Crippen molar-refractivity contribution in [1.29, 1.82) is 0 Å². The summed E-state index contributed by atoms with van der Waals surface area (Å²) in [5, 5.41) is 3.40. The molecule has 29 heavy (non-hydrogen) atoms. The molecule has 0 aromatic heterocycles. The molecule has 8 heteroatoms. The highest BCUT2D eigenvalue weighted by Gasteiger charge is 2.20. The lowest BCUT2D eigenvalue weighted by Crippen LogP contribution is -2.27. The highest BCUT2D eigenvalue weighted by atomic mass is 127. The number of benzene rings is 2. The first-order valence-corrected chi connectivity index (χ1v) is 11.3. The zero-order valence-electron chi connectivity index (χ0n) is 16.0. The van der Waals surface area contributed by atoms with Gasteiger partial charge < -0.3 is 19.7 Å². The maximum absolute atomic E-state index is 12.3. The normalized spacial score (nSPS) is 13.3. The SMILES string of the molecule is CCOc1cc(C(=S)N2CCCC2)cc(I)c1OCC(=O)Nc1ccc(Cl)cc1. The molecule has 1 aliphatic heterocycles. The van der Waals surface area contributed by atoms with Crippen molar-refractivity contribution in [3.8, 4) is 11.5 Å². The van der Waals surface area contributed by atoms with Crippen molar-refractivity contribution < 1.29 is 14.3 Å². The number of ether oxygens (including phenoxy) is 2. The summed E-state index contributed by atoms with van der Waals surface area (Å²) in [5.74, 6) is 0.879. The van der Waals surface area contributed by atoms with Crippen LogP contribution in [0, 0.1) is 3.57 Å². The van der Waals surface area contributed by atoms with Gasteiger partial charge in [0.05, 0.1) is 10.2 Å². The zero-order valence-corrected chi connectivity index (χ0v) is 19.8. The van der Waals surface area contributed by atoms with Crippen LogP contribution in [0.5, 0.6) is 11.5 Å². The Morgan fingerprint density at radius 3 is 2.55 bits per heavy atom. The molecule has 0 bridgehead atoms. The summed E-state index contributed by atoms with van der Waals surface area (Å²) >= 11 is 13.7. The molecule has 1 saturated heterocycles. The Morgan fingerprint density at radius 2 is 1.90 bits per heavy atom. The second-order valence-electron chi connectivity index (χ2n) is 6.56. The third kappa shape index (κ3) is 5.96. The van der Waals surface area contributed by atoms with Crippen LogP contribution in [0.2, 0.25) is 5.02 Å². The molecule has 0 radical (unpaired) electrons. The third-order valence-corrected chi connectivity index (χ3v) is 5.97. The lowest BCUT2D eigenvalue weighted by molar-refractivity contribution is -0.118. The molecule has 1 heterocycles. The van der Waals surface area contributed by atoms with E-state index < -0.39 is 0 Å². The number of anilines is 1. The molecule has 1 aliphatic rings. The molecule has 0 saturated carbocycles. The number of hydrogen-bond donors (Lipinski definition) is 1. The molecule has 0 atom stereocenters. The Bertz CT molecular complexity index is 886. The van der Waals surface area contributed by atoms with E-state index in [1.807, 2.05) is 19.1 Å². The molecular formula is C21H22ClIN2O3S. The van der Waals surface area contributed by atoms with Crippen LogP contribution in [0.3, 0.4) is 0 Å². The quantitative estimate of drug-likeness (QED) is 0.387. The van der Waals surface area contributed by atoms with Crippen LogP contribution >= 0.6 is 46.4 Å². The summed E-state index contributed by atoms with van der Waals surface area (Å²) in [6, 6.07) is 10.8. The van der Waals surface area contributed by atoms with Gasteiger partial charge in [0.1, 0.15) is 4.99 Å². The number of rotatable bonds is 7. The third-order valence-electron chi connectivity index (χ3n) is 4.43. The number of nitrogens with zero attached hydrogens (tertiary/aromatic N) is 1. The van der Waals surface area contributed by atoms with E-state index in [2.05, 4.69) is 32.8 Å². The van der Waals surface area contributed by atoms with E-state index in [1.54, 1.807) is 24.3 Å². The predicted octanol–water partition coefficient (Wildman–Crippen LogP) is 5.13. The summed E-state index contributed by atoms with van der Waals surface area (Å²) < 4.78 is 12.4. The zero-order chi connectivity index (χ0) is 20.8. The molecule has 0 spiro atoms. The van der Waals surface area contributed by atoms with Crippen molar-refractivity contribution >= 4 is 63.0 Å². The van der Waals surface area contributed by atoms with Crippen LogP contribution < -0.4 is 14.8 Å². The fourth-order valence-corrected chi connectivity index (χ4v) is 4.25. The van der Waals surface area contributed by atoms with Crippen LogP contribution in [0.25, 0.3) is 0 Å². The lowest BCUT2D eigenvalue weighted by atomic mass is 10.2. The second-order valence-corrected chi connectivity index (χ2v) is 8.55. The van der Waals surface area contributed by atoms with Gasteiger partial charge in [-0.3, -0.25) is 4.79 Å². The minimum atomic E-state index is -0.262. The molecule has 1 fully saturated rings. The number of nitrogens with one attached hydrogen (secondary N) is 1. The summed E-state index contributed by atoms with van der Waals surface area (Å²) in [6.45, 7) is 4.25. The van der Waals surface area contributed by atoms with E-state index in [4.69, 9.17) is 33.3 Å². The average molecular weight is 545 g/mol. The Hall–Kier alpha value is -1.58. The number of halogens is 2. The minimum Gasteiger partial charge on any atom is -0.490 e. The molecule has 1 amide bonds. The largest absolute Gasteiger partial charge is 0.490 e. The number of carbonyl (C=O) groups is 1. The van der Waals surface area contributed by atoms with Gasteiger partial charge in [0.15, 0.2) is 18.1 Å². The van der Waals surface area contributed by atoms with Crippen molar-refractivity contribution in [2.45, 2.75) is 19.8 Å². The molecule has 154 valence electrons. The van der Waals surface area contributed by atoms with Gasteiger partial charge in [0, 0.05) is 29.4 Å². The fraction of sp³-hybridized carbons (Fsp3) is 0.333. The first-order valence-electron chi connectivity index (χ1n) is 9.41. The standard InChI is InChI=1S/C21H22ClIN2O3S/c1-2-27-18-12-14(21(29)25-9-3-4-10-25)11-17(23)20(18)28-13-19(26)24-16-7-5-15(22)6-8-16/h5-8,11-12H,2-4,9-10,13H2,1H3,(H,24,26). The summed E-state index contributed by atoms with van der Waals surface area (Å²) in [5.41, 5.74) is 1.60. The maximum Gasteiger partial charge on any atom is 0.262 e.